The molecule has 1 aliphatic rings. The first-order valence-electron chi connectivity index (χ1n) is 8.08. The molecule has 0 radical (unpaired) electrons. The minimum atomic E-state index is -0.148. The Labute approximate surface area is 133 Å². The third-order valence-electron chi connectivity index (χ3n) is 4.60. The van der Waals surface area contributed by atoms with Crippen molar-refractivity contribution in [1.82, 2.24) is 4.90 Å². The first-order chi connectivity index (χ1) is 10.5. The number of rotatable bonds is 5. The molecule has 22 heavy (non-hydrogen) atoms. The van der Waals surface area contributed by atoms with Crippen LogP contribution in [0.1, 0.15) is 29.5 Å². The van der Waals surface area contributed by atoms with Crippen LogP contribution >= 0.6 is 0 Å². The molecule has 2 unspecified atom stereocenters. The van der Waals surface area contributed by atoms with E-state index in [1.54, 1.807) is 0 Å². The van der Waals surface area contributed by atoms with Crippen LogP contribution in [-0.2, 0) is 16.0 Å². The van der Waals surface area contributed by atoms with Gasteiger partial charge in [0.2, 0.25) is 0 Å². The van der Waals surface area contributed by atoms with Crippen molar-refractivity contribution in [1.29, 1.82) is 0 Å². The van der Waals surface area contributed by atoms with Gasteiger partial charge in [-0.2, -0.15) is 0 Å². The second-order valence-corrected chi connectivity index (χ2v) is 6.57. The zero-order chi connectivity index (χ0) is 16.1. The van der Waals surface area contributed by atoms with Gasteiger partial charge in [0.15, 0.2) is 0 Å². The Balaban J connectivity index is 1.92. The number of benzene rings is 1. The predicted molar refractivity (Wildman–Crippen MR) is 88.8 cm³/mol. The van der Waals surface area contributed by atoms with Crippen molar-refractivity contribution in [3.05, 3.63) is 34.9 Å². The number of hydrogen-bond donors (Lipinski definition) is 1. The Morgan fingerprint density at radius 1 is 1.32 bits per heavy atom. The van der Waals surface area contributed by atoms with Gasteiger partial charge in [0.1, 0.15) is 0 Å². The van der Waals surface area contributed by atoms with E-state index in [4.69, 9.17) is 10.5 Å². The quantitative estimate of drug-likeness (QED) is 0.846. The van der Waals surface area contributed by atoms with Crippen LogP contribution in [0.4, 0.5) is 0 Å². The zero-order valence-corrected chi connectivity index (χ0v) is 14.0. The van der Waals surface area contributed by atoms with Crippen LogP contribution in [0.2, 0.25) is 0 Å². The largest absolute Gasteiger partial charge is 0.469 e. The van der Waals surface area contributed by atoms with Crippen molar-refractivity contribution in [3.8, 4) is 0 Å². The number of nitrogens with zero attached hydrogens (tertiary/aromatic N) is 1. The molecule has 2 atom stereocenters. The van der Waals surface area contributed by atoms with E-state index in [1.807, 2.05) is 0 Å². The van der Waals surface area contributed by atoms with Gasteiger partial charge in [-0.25, -0.2) is 0 Å². The molecule has 1 aromatic rings. The summed E-state index contributed by atoms with van der Waals surface area (Å²) in [7, 11) is 1.44. The molecule has 4 nitrogen and oxygen atoms in total. The third-order valence-corrected chi connectivity index (χ3v) is 4.60. The van der Waals surface area contributed by atoms with Crippen molar-refractivity contribution >= 4 is 5.97 Å². The van der Waals surface area contributed by atoms with Crippen molar-refractivity contribution in [3.63, 3.8) is 0 Å². The van der Waals surface area contributed by atoms with Crippen molar-refractivity contribution < 1.29 is 9.53 Å². The summed E-state index contributed by atoms with van der Waals surface area (Å²) in [5.74, 6) is 0.411. The highest BCUT2D eigenvalue weighted by atomic mass is 16.5. The van der Waals surface area contributed by atoms with Crippen molar-refractivity contribution in [2.45, 2.75) is 39.2 Å². The number of hydrogen-bond acceptors (Lipinski definition) is 4. The molecule has 0 amide bonds. The number of nitrogens with two attached hydrogens (primary N) is 1. The van der Waals surface area contributed by atoms with E-state index in [1.165, 1.54) is 23.8 Å². The van der Waals surface area contributed by atoms with Gasteiger partial charge in [-0.3, -0.25) is 4.79 Å². The van der Waals surface area contributed by atoms with Crippen LogP contribution in [0.25, 0.3) is 0 Å². The smallest absolute Gasteiger partial charge is 0.306 e. The second-order valence-electron chi connectivity index (χ2n) is 6.57. The molecule has 1 fully saturated rings. The topological polar surface area (TPSA) is 55.6 Å². The summed E-state index contributed by atoms with van der Waals surface area (Å²) >= 11 is 0. The minimum absolute atomic E-state index is 0.148. The lowest BCUT2D eigenvalue weighted by molar-refractivity contribution is -0.141. The average Bonchev–Trinajstić information content (AvgIpc) is 2.48. The van der Waals surface area contributed by atoms with Gasteiger partial charge in [0, 0.05) is 25.7 Å². The Morgan fingerprint density at radius 2 is 2.09 bits per heavy atom. The molecule has 1 aliphatic heterocycles. The Hall–Kier alpha value is -1.39. The van der Waals surface area contributed by atoms with E-state index in [0.717, 1.165) is 32.5 Å². The van der Waals surface area contributed by atoms with Crippen LogP contribution < -0.4 is 5.73 Å². The fourth-order valence-corrected chi connectivity index (χ4v) is 3.29. The number of ether oxygens (including phenoxy) is 1. The molecule has 1 aromatic carbocycles. The van der Waals surface area contributed by atoms with Crippen LogP contribution in [0.3, 0.4) is 0 Å². The maximum atomic E-state index is 11.3. The normalized spacial score (nSPS) is 22.5. The van der Waals surface area contributed by atoms with Gasteiger partial charge in [0.25, 0.3) is 0 Å². The third kappa shape index (κ3) is 4.82. The lowest BCUT2D eigenvalue weighted by Gasteiger charge is -2.36. The standard InChI is InChI=1S/C18H28N2O2/c1-13-4-5-15(8-14(13)2)9-16-10-17(19)12-20(11-16)7-6-18(21)22-3/h4-5,8,16-17H,6-7,9-12,19H2,1-3H3. The highest BCUT2D eigenvalue weighted by Crippen LogP contribution is 2.22. The molecule has 0 bridgehead atoms. The number of likely N-dealkylation sites (tertiary alicyclic amines) is 1. The lowest BCUT2D eigenvalue weighted by atomic mass is 9.88. The van der Waals surface area contributed by atoms with Gasteiger partial charge in [-0.15, -0.1) is 0 Å². The van der Waals surface area contributed by atoms with Gasteiger partial charge < -0.3 is 15.4 Å². The summed E-state index contributed by atoms with van der Waals surface area (Å²) in [6.07, 6.45) is 2.56. The first kappa shape index (κ1) is 17.0. The van der Waals surface area contributed by atoms with Crippen molar-refractivity contribution in [2.75, 3.05) is 26.7 Å². The van der Waals surface area contributed by atoms with Crippen molar-refractivity contribution in [2.24, 2.45) is 11.7 Å². The van der Waals surface area contributed by atoms with E-state index < -0.39 is 0 Å². The molecular weight excluding hydrogens is 276 g/mol. The summed E-state index contributed by atoms with van der Waals surface area (Å²) in [5.41, 5.74) is 10.3. The summed E-state index contributed by atoms with van der Waals surface area (Å²) in [5, 5.41) is 0. The number of methoxy groups -OCH3 is 1. The number of carbonyl (C=O) groups is 1. The molecular formula is C18H28N2O2. The molecule has 0 aromatic heterocycles. The predicted octanol–water partition coefficient (Wildman–Crippen LogP) is 2.06. The fourth-order valence-electron chi connectivity index (χ4n) is 3.29. The summed E-state index contributed by atoms with van der Waals surface area (Å²) in [6.45, 7) is 6.93. The van der Waals surface area contributed by atoms with E-state index in [2.05, 4.69) is 36.9 Å². The summed E-state index contributed by atoms with van der Waals surface area (Å²) in [6, 6.07) is 6.90. The number of aryl methyl sites for hydroxylation is 2. The Kier molecular flexibility index (Phi) is 5.98. The van der Waals surface area contributed by atoms with Crippen LogP contribution in [0.15, 0.2) is 18.2 Å². The molecule has 2 N–H and O–H groups in total. The number of carbonyl (C=O) groups excluding carboxylic acids is 1. The van der Waals surface area contributed by atoms with E-state index in [0.29, 0.717) is 12.3 Å². The molecule has 0 aliphatic carbocycles. The van der Waals surface area contributed by atoms with E-state index in [9.17, 15) is 4.79 Å². The molecule has 0 spiro atoms. The number of esters is 1. The second kappa shape index (κ2) is 7.75. The van der Waals surface area contributed by atoms with E-state index >= 15 is 0 Å². The number of piperidine rings is 1. The summed E-state index contributed by atoms with van der Waals surface area (Å²) < 4.78 is 4.72. The molecule has 4 heteroatoms. The maximum Gasteiger partial charge on any atom is 0.306 e. The molecule has 122 valence electrons. The average molecular weight is 304 g/mol. The van der Waals surface area contributed by atoms with E-state index in [-0.39, 0.29) is 12.0 Å². The van der Waals surface area contributed by atoms with Crippen LogP contribution in [-0.4, -0.2) is 43.7 Å². The lowest BCUT2D eigenvalue weighted by Crippen LogP contribution is -2.48. The van der Waals surface area contributed by atoms with Crippen LogP contribution in [0.5, 0.6) is 0 Å². The van der Waals surface area contributed by atoms with Crippen LogP contribution in [0, 0.1) is 19.8 Å². The minimum Gasteiger partial charge on any atom is -0.469 e. The van der Waals surface area contributed by atoms with Gasteiger partial charge in [0.05, 0.1) is 13.5 Å². The zero-order valence-electron chi connectivity index (χ0n) is 14.0. The summed E-state index contributed by atoms with van der Waals surface area (Å²) in [4.78, 5) is 13.6. The molecule has 0 saturated carbocycles. The molecule has 2 rings (SSSR count). The SMILES string of the molecule is COC(=O)CCN1CC(N)CC(Cc2ccc(C)c(C)c2)C1. The van der Waals surface area contributed by atoms with Gasteiger partial charge in [-0.1, -0.05) is 18.2 Å². The maximum absolute atomic E-state index is 11.3. The van der Waals surface area contributed by atoms with Gasteiger partial charge >= 0.3 is 5.97 Å². The fraction of sp³-hybridized carbons (Fsp3) is 0.611. The highest BCUT2D eigenvalue weighted by molar-refractivity contribution is 5.69. The highest BCUT2D eigenvalue weighted by Gasteiger charge is 2.25. The monoisotopic (exact) mass is 304 g/mol. The Bertz CT molecular complexity index is 516. The Morgan fingerprint density at radius 3 is 2.77 bits per heavy atom. The molecule has 1 saturated heterocycles. The molecule has 1 heterocycles. The first-order valence-corrected chi connectivity index (χ1v) is 8.08. The van der Waals surface area contributed by atoms with Gasteiger partial charge in [-0.05, 0) is 49.3 Å².